The van der Waals surface area contributed by atoms with E-state index in [2.05, 4.69) is 24.3 Å². The Morgan fingerprint density at radius 2 is 0.725 bits per heavy atom. The van der Waals surface area contributed by atoms with Crippen LogP contribution in [-0.2, 0) is 14.3 Å². The molecule has 2 N–H and O–H groups in total. The van der Waals surface area contributed by atoms with E-state index in [0.29, 0.717) is 5.75 Å². The average molecular weight is 715 g/mol. The lowest BCUT2D eigenvalue weighted by molar-refractivity contribution is -0.137. The predicted octanol–water partition coefficient (Wildman–Crippen LogP) is 10.0. The lowest BCUT2D eigenvalue weighted by Gasteiger charge is -2.17. The topological polar surface area (TPSA) is 83.8 Å². The van der Waals surface area contributed by atoms with E-state index in [1.807, 2.05) is 158 Å². The molecular formula is C44H42O5S2. The summed E-state index contributed by atoms with van der Waals surface area (Å²) in [5.41, 5.74) is 6.52. The fourth-order valence-corrected chi connectivity index (χ4v) is 7.24. The fourth-order valence-electron chi connectivity index (χ4n) is 5.11. The first-order valence-corrected chi connectivity index (χ1v) is 18.6. The first-order chi connectivity index (χ1) is 25.0. The predicted molar refractivity (Wildman–Crippen MR) is 211 cm³/mol. The summed E-state index contributed by atoms with van der Waals surface area (Å²) in [6.07, 6.45) is -0.516. The number of methoxy groups -OCH3 is 1. The van der Waals surface area contributed by atoms with Crippen LogP contribution in [0.3, 0.4) is 0 Å². The maximum atomic E-state index is 11.3. The highest BCUT2D eigenvalue weighted by atomic mass is 32.2. The van der Waals surface area contributed by atoms with Crippen LogP contribution >= 0.6 is 23.5 Å². The van der Waals surface area contributed by atoms with Gasteiger partial charge >= 0.3 is 11.9 Å². The van der Waals surface area contributed by atoms with Crippen molar-refractivity contribution in [3.05, 3.63) is 215 Å². The highest BCUT2D eigenvalue weighted by Crippen LogP contribution is 2.36. The van der Waals surface area contributed by atoms with Crippen molar-refractivity contribution >= 4 is 35.5 Å². The third-order valence-corrected chi connectivity index (χ3v) is 10.2. The second-order valence-electron chi connectivity index (χ2n) is 11.2. The highest BCUT2D eigenvalue weighted by molar-refractivity contribution is 8.00. The number of hydrogen-bond acceptors (Lipinski definition) is 6. The van der Waals surface area contributed by atoms with Gasteiger partial charge in [0.2, 0.25) is 0 Å². The molecule has 6 aromatic rings. The summed E-state index contributed by atoms with van der Waals surface area (Å²) in [4.78, 5) is 22.1. The number of aliphatic hydroxyl groups excluding tert-OH is 1. The molecule has 0 atom stereocenters. The molecule has 0 amide bonds. The molecule has 0 aromatic heterocycles. The lowest BCUT2D eigenvalue weighted by atomic mass is 10.0. The summed E-state index contributed by atoms with van der Waals surface area (Å²) in [5.74, 6) is -0.516. The number of carbonyl (C=O) groups is 2. The molecule has 5 nitrogen and oxygen atoms in total. The molecular weight excluding hydrogens is 673 g/mol. The van der Waals surface area contributed by atoms with Gasteiger partial charge in [-0.15, -0.1) is 23.5 Å². The van der Waals surface area contributed by atoms with E-state index in [0.717, 1.165) is 22.3 Å². The van der Waals surface area contributed by atoms with Crippen LogP contribution in [0, 0.1) is 0 Å². The van der Waals surface area contributed by atoms with E-state index in [1.54, 1.807) is 11.8 Å². The maximum Gasteiger partial charge on any atom is 0.315 e. The molecule has 260 valence electrons. The van der Waals surface area contributed by atoms with Crippen molar-refractivity contribution in [1.29, 1.82) is 0 Å². The van der Waals surface area contributed by atoms with Crippen molar-refractivity contribution < 1.29 is 24.5 Å². The second-order valence-corrected chi connectivity index (χ2v) is 13.4. The van der Waals surface area contributed by atoms with Crippen LogP contribution in [0.1, 0.15) is 50.0 Å². The molecule has 0 saturated heterocycles. The number of ether oxygens (including phenoxy) is 1. The molecule has 0 aliphatic carbocycles. The lowest BCUT2D eigenvalue weighted by Crippen LogP contribution is -2.06. The molecule has 0 radical (unpaired) electrons. The smallest absolute Gasteiger partial charge is 0.315 e. The van der Waals surface area contributed by atoms with Crippen LogP contribution in [0.25, 0.3) is 0 Å². The summed E-state index contributed by atoms with van der Waals surface area (Å²) < 4.78 is 4.71. The molecule has 0 aliphatic rings. The molecule has 6 aromatic carbocycles. The minimum atomic E-state index is -0.781. The van der Waals surface area contributed by atoms with Crippen molar-refractivity contribution in [2.24, 2.45) is 0 Å². The number of esters is 1. The Morgan fingerprint density at radius 1 is 0.471 bits per heavy atom. The van der Waals surface area contributed by atoms with Crippen LogP contribution < -0.4 is 0 Å². The normalized spacial score (nSPS) is 10.5. The number of rotatable bonds is 12. The Kier molecular flexibility index (Phi) is 16.6. The molecule has 0 fully saturated rings. The zero-order valence-electron chi connectivity index (χ0n) is 28.4. The molecule has 0 saturated carbocycles. The Bertz CT molecular complexity index is 1710. The minimum absolute atomic E-state index is 0.0727. The zero-order valence-corrected chi connectivity index (χ0v) is 30.0. The monoisotopic (exact) mass is 714 g/mol. The van der Waals surface area contributed by atoms with Crippen molar-refractivity contribution in [2.75, 3.05) is 18.6 Å². The van der Waals surface area contributed by atoms with Crippen molar-refractivity contribution in [3.63, 3.8) is 0 Å². The van der Waals surface area contributed by atoms with Crippen LogP contribution in [-0.4, -0.2) is 40.8 Å². The Labute approximate surface area is 309 Å². The van der Waals surface area contributed by atoms with Gasteiger partial charge in [0.05, 0.1) is 29.1 Å². The molecule has 51 heavy (non-hydrogen) atoms. The molecule has 7 heteroatoms. The summed E-state index contributed by atoms with van der Waals surface area (Å²) in [7, 11) is 1.42. The molecule has 0 heterocycles. The summed E-state index contributed by atoms with van der Waals surface area (Å²) in [5, 5.41) is 19.1. The molecule has 0 aliphatic heterocycles. The number of hydrogen-bond donors (Lipinski definition) is 2. The third kappa shape index (κ3) is 13.3. The third-order valence-electron chi connectivity index (χ3n) is 7.61. The van der Waals surface area contributed by atoms with Gasteiger partial charge < -0.3 is 14.9 Å². The molecule has 0 spiro atoms. The van der Waals surface area contributed by atoms with Crippen molar-refractivity contribution in [2.45, 2.75) is 16.6 Å². The Balaban J connectivity index is 0.000000173. The van der Waals surface area contributed by atoms with Gasteiger partial charge in [-0.1, -0.05) is 182 Å². The van der Waals surface area contributed by atoms with Crippen LogP contribution in [0.5, 0.6) is 0 Å². The Hall–Kier alpha value is -5.08. The van der Waals surface area contributed by atoms with Gasteiger partial charge in [0, 0.05) is 0 Å². The summed E-state index contributed by atoms with van der Waals surface area (Å²) in [6.45, 7) is 0. The first kappa shape index (κ1) is 38.7. The van der Waals surface area contributed by atoms with Crippen LogP contribution in [0.15, 0.2) is 182 Å². The van der Waals surface area contributed by atoms with Crippen molar-refractivity contribution in [1.82, 2.24) is 0 Å². The summed E-state index contributed by atoms with van der Waals surface area (Å²) in [6, 6.07) is 59.7. The van der Waals surface area contributed by atoms with Gasteiger partial charge in [-0.3, -0.25) is 9.59 Å². The average Bonchev–Trinajstić information content (AvgIpc) is 3.20. The quantitative estimate of drug-likeness (QED) is 0.122. The van der Waals surface area contributed by atoms with Crippen molar-refractivity contribution in [3.8, 4) is 0 Å². The highest BCUT2D eigenvalue weighted by Gasteiger charge is 2.17. The van der Waals surface area contributed by atoms with Crippen LogP contribution in [0.2, 0.25) is 0 Å². The standard InChI is InChI=1S/C16H16O2S.C15H14O2S.C13H12O/c1-18-15(17)12-19-16(13-8-4-2-5-9-13)14-10-6-3-7-11-14;16-14(17)11-18-15(12-7-3-1-4-8-12)13-9-5-2-6-10-13;14-13(11-7-3-1-4-8-11)12-9-5-2-6-10-12/h2-11,16H,12H2,1H3;1-10,15H,11H2,(H,16,17);1-10,13-14H. The zero-order chi connectivity index (χ0) is 36.1. The number of aliphatic carboxylic acids is 1. The van der Waals surface area contributed by atoms with Gasteiger partial charge in [-0.05, 0) is 33.4 Å². The van der Waals surface area contributed by atoms with Crippen LogP contribution in [0.4, 0.5) is 0 Å². The SMILES string of the molecule is COC(=O)CSC(c1ccccc1)c1ccccc1.O=C(O)CSC(c1ccccc1)c1ccccc1.OC(c1ccccc1)c1ccccc1. The van der Waals surface area contributed by atoms with E-state index in [9.17, 15) is 14.7 Å². The number of benzene rings is 6. The number of aliphatic hydroxyl groups is 1. The van der Waals surface area contributed by atoms with Gasteiger partial charge in [0.25, 0.3) is 0 Å². The van der Waals surface area contributed by atoms with E-state index in [-0.39, 0.29) is 22.2 Å². The second kappa shape index (κ2) is 21.9. The van der Waals surface area contributed by atoms with E-state index in [4.69, 9.17) is 9.84 Å². The maximum absolute atomic E-state index is 11.3. The Morgan fingerprint density at radius 3 is 0.980 bits per heavy atom. The number of thioether (sulfide) groups is 2. The minimum Gasteiger partial charge on any atom is -0.481 e. The van der Waals surface area contributed by atoms with E-state index >= 15 is 0 Å². The summed E-state index contributed by atoms with van der Waals surface area (Å²) >= 11 is 3.02. The molecule has 0 unspecified atom stereocenters. The first-order valence-electron chi connectivity index (χ1n) is 16.5. The fraction of sp³-hybridized carbons (Fsp3) is 0.136. The van der Waals surface area contributed by atoms with E-state index < -0.39 is 12.1 Å². The van der Waals surface area contributed by atoms with Gasteiger partial charge in [-0.2, -0.15) is 0 Å². The van der Waals surface area contributed by atoms with Gasteiger partial charge in [0.15, 0.2) is 0 Å². The number of carboxylic acid groups (broad SMARTS) is 1. The van der Waals surface area contributed by atoms with E-state index in [1.165, 1.54) is 30.0 Å². The number of carbonyl (C=O) groups excluding carboxylic acids is 1. The number of carboxylic acids is 1. The molecule has 0 bridgehead atoms. The molecule has 6 rings (SSSR count). The van der Waals surface area contributed by atoms with Gasteiger partial charge in [0.1, 0.15) is 6.10 Å². The van der Waals surface area contributed by atoms with Gasteiger partial charge in [-0.25, -0.2) is 0 Å². The largest absolute Gasteiger partial charge is 0.481 e.